The lowest BCUT2D eigenvalue weighted by atomic mass is 9.96. The summed E-state index contributed by atoms with van der Waals surface area (Å²) in [4.78, 5) is 11.9. The van der Waals surface area contributed by atoms with E-state index in [9.17, 15) is 4.79 Å². The molecule has 1 heterocycles. The Kier molecular flexibility index (Phi) is 5.00. The molecule has 1 aromatic rings. The summed E-state index contributed by atoms with van der Waals surface area (Å²) in [5.74, 6) is 0.111. The number of carbonyl (C=O) groups excluding carboxylic acids is 1. The molecule has 1 atom stereocenters. The van der Waals surface area contributed by atoms with Gasteiger partial charge in [0.25, 0.3) is 0 Å². The van der Waals surface area contributed by atoms with Crippen LogP contribution in [0.1, 0.15) is 51.9 Å². The van der Waals surface area contributed by atoms with Crippen molar-refractivity contribution in [2.45, 2.75) is 73.5 Å². The smallest absolute Gasteiger partial charge is 0.233 e. The molecule has 5 nitrogen and oxygen atoms in total. The van der Waals surface area contributed by atoms with Crippen molar-refractivity contribution in [1.29, 1.82) is 0 Å². The van der Waals surface area contributed by atoms with Crippen LogP contribution in [0.5, 0.6) is 0 Å². The van der Waals surface area contributed by atoms with Gasteiger partial charge in [0.2, 0.25) is 11.0 Å². The van der Waals surface area contributed by atoms with Crippen LogP contribution < -0.4 is 10.6 Å². The third-order valence-electron chi connectivity index (χ3n) is 3.91. The molecule has 1 unspecified atom stereocenters. The first-order chi connectivity index (χ1) is 10.2. The summed E-state index contributed by atoms with van der Waals surface area (Å²) >= 11 is 3.05. The summed E-state index contributed by atoms with van der Waals surface area (Å²) in [6, 6.07) is 0.957. The monoisotopic (exact) mass is 326 g/mol. The van der Waals surface area contributed by atoms with Gasteiger partial charge in [-0.15, -0.1) is 10.2 Å². The maximum Gasteiger partial charge on any atom is 0.233 e. The summed E-state index contributed by atoms with van der Waals surface area (Å²) in [6.45, 7) is 1.93. The second kappa shape index (κ2) is 6.96. The fraction of sp³-hybridized carbons (Fsp3) is 0.786. The van der Waals surface area contributed by atoms with Gasteiger partial charge in [-0.1, -0.05) is 42.4 Å². The average molecular weight is 326 g/mol. The van der Waals surface area contributed by atoms with E-state index < -0.39 is 0 Å². The first-order valence-corrected chi connectivity index (χ1v) is 9.47. The molecule has 2 N–H and O–H groups in total. The van der Waals surface area contributed by atoms with Crippen LogP contribution in [0.15, 0.2) is 4.34 Å². The molecule has 2 saturated carbocycles. The van der Waals surface area contributed by atoms with Crippen LogP contribution in [0.2, 0.25) is 0 Å². The van der Waals surface area contributed by atoms with E-state index in [1.54, 1.807) is 11.3 Å². The van der Waals surface area contributed by atoms with E-state index in [0.717, 1.165) is 22.3 Å². The number of hydrogen-bond acceptors (Lipinski definition) is 6. The van der Waals surface area contributed by atoms with E-state index in [4.69, 9.17) is 0 Å². The molecular weight excluding hydrogens is 304 g/mol. The van der Waals surface area contributed by atoms with Crippen molar-refractivity contribution in [3.8, 4) is 0 Å². The predicted octanol–water partition coefficient (Wildman–Crippen LogP) is 3.04. The number of anilines is 1. The van der Waals surface area contributed by atoms with Crippen molar-refractivity contribution in [3.05, 3.63) is 0 Å². The van der Waals surface area contributed by atoms with Crippen LogP contribution in [0, 0.1) is 0 Å². The minimum atomic E-state index is -0.110. The minimum absolute atomic E-state index is 0.110. The molecule has 7 heteroatoms. The van der Waals surface area contributed by atoms with Gasteiger partial charge in [0.15, 0.2) is 4.34 Å². The number of aromatic nitrogens is 2. The normalized spacial score (nSPS) is 21.0. The number of nitrogens with one attached hydrogen (secondary N) is 2. The lowest BCUT2D eigenvalue weighted by molar-refractivity contribution is -0.120. The van der Waals surface area contributed by atoms with Crippen LogP contribution >= 0.6 is 23.1 Å². The lowest BCUT2D eigenvalue weighted by Gasteiger charge is -2.21. The summed E-state index contributed by atoms with van der Waals surface area (Å²) in [5, 5.41) is 15.7. The van der Waals surface area contributed by atoms with Crippen molar-refractivity contribution in [2.24, 2.45) is 0 Å². The Hall–Kier alpha value is -0.820. The Morgan fingerprint density at radius 3 is 2.67 bits per heavy atom. The van der Waals surface area contributed by atoms with E-state index in [2.05, 4.69) is 20.8 Å². The summed E-state index contributed by atoms with van der Waals surface area (Å²) in [6.07, 6.45) is 8.65. The highest BCUT2D eigenvalue weighted by Gasteiger charge is 2.26. The van der Waals surface area contributed by atoms with Crippen LogP contribution in [0.3, 0.4) is 0 Å². The topological polar surface area (TPSA) is 66.9 Å². The molecule has 21 heavy (non-hydrogen) atoms. The fourth-order valence-electron chi connectivity index (χ4n) is 2.49. The third kappa shape index (κ3) is 4.57. The van der Waals surface area contributed by atoms with Crippen molar-refractivity contribution in [3.63, 3.8) is 0 Å². The van der Waals surface area contributed by atoms with E-state index in [-0.39, 0.29) is 11.2 Å². The third-order valence-corrected chi connectivity index (χ3v) is 5.95. The van der Waals surface area contributed by atoms with Crippen LogP contribution in [0.4, 0.5) is 5.13 Å². The van der Waals surface area contributed by atoms with Crippen molar-refractivity contribution in [2.75, 3.05) is 5.32 Å². The molecule has 3 rings (SSSR count). The van der Waals surface area contributed by atoms with Gasteiger partial charge in [-0.05, 0) is 32.6 Å². The zero-order valence-corrected chi connectivity index (χ0v) is 13.9. The minimum Gasteiger partial charge on any atom is -0.357 e. The van der Waals surface area contributed by atoms with Crippen molar-refractivity contribution in [1.82, 2.24) is 15.5 Å². The van der Waals surface area contributed by atoms with Gasteiger partial charge in [-0.3, -0.25) is 4.79 Å². The molecule has 116 valence electrons. The number of amides is 1. The molecule has 2 aliphatic rings. The second-order valence-corrected chi connectivity index (χ2v) is 8.46. The zero-order chi connectivity index (χ0) is 14.7. The maximum absolute atomic E-state index is 11.9. The first kappa shape index (κ1) is 15.1. The SMILES string of the molecule is CC(Sc1nnc(NC2CCCCC2)s1)C(=O)NC1CC1. The van der Waals surface area contributed by atoms with E-state index >= 15 is 0 Å². The van der Waals surface area contributed by atoms with Gasteiger partial charge in [0.05, 0.1) is 5.25 Å². The summed E-state index contributed by atoms with van der Waals surface area (Å²) in [7, 11) is 0. The second-order valence-electron chi connectivity index (χ2n) is 5.90. The molecule has 0 saturated heterocycles. The predicted molar refractivity (Wildman–Crippen MR) is 86.9 cm³/mol. The molecular formula is C14H22N4OS2. The van der Waals surface area contributed by atoms with Gasteiger partial charge in [0, 0.05) is 12.1 Å². The van der Waals surface area contributed by atoms with Crippen molar-refractivity contribution < 1.29 is 4.79 Å². The molecule has 0 radical (unpaired) electrons. The van der Waals surface area contributed by atoms with Crippen LogP contribution in [0.25, 0.3) is 0 Å². The molecule has 2 aliphatic carbocycles. The Balaban J connectivity index is 1.48. The Morgan fingerprint density at radius 1 is 1.19 bits per heavy atom. The quantitative estimate of drug-likeness (QED) is 0.787. The van der Waals surface area contributed by atoms with Gasteiger partial charge in [-0.25, -0.2) is 0 Å². The molecule has 0 aliphatic heterocycles. The number of hydrogen-bond donors (Lipinski definition) is 2. The van der Waals surface area contributed by atoms with E-state index in [1.165, 1.54) is 43.9 Å². The van der Waals surface area contributed by atoms with Gasteiger partial charge in [0.1, 0.15) is 0 Å². The molecule has 0 spiro atoms. The number of rotatable bonds is 6. The molecule has 1 amide bonds. The fourth-order valence-corrected chi connectivity index (χ4v) is 4.47. The Morgan fingerprint density at radius 2 is 1.95 bits per heavy atom. The van der Waals surface area contributed by atoms with Gasteiger partial charge < -0.3 is 10.6 Å². The first-order valence-electron chi connectivity index (χ1n) is 7.78. The molecule has 1 aromatic heterocycles. The maximum atomic E-state index is 11.9. The molecule has 0 aromatic carbocycles. The van der Waals surface area contributed by atoms with Crippen LogP contribution in [-0.2, 0) is 4.79 Å². The van der Waals surface area contributed by atoms with Crippen molar-refractivity contribution >= 4 is 34.1 Å². The number of carbonyl (C=O) groups is 1. The van der Waals surface area contributed by atoms with Crippen LogP contribution in [-0.4, -0.2) is 33.4 Å². The Labute approximate surface area is 133 Å². The largest absolute Gasteiger partial charge is 0.357 e. The summed E-state index contributed by atoms with van der Waals surface area (Å²) < 4.78 is 0.867. The van der Waals surface area contributed by atoms with Gasteiger partial charge in [-0.2, -0.15) is 0 Å². The number of thioether (sulfide) groups is 1. The highest BCUT2D eigenvalue weighted by atomic mass is 32.2. The summed E-state index contributed by atoms with van der Waals surface area (Å²) in [5.41, 5.74) is 0. The zero-order valence-electron chi connectivity index (χ0n) is 12.3. The van der Waals surface area contributed by atoms with E-state index in [0.29, 0.717) is 12.1 Å². The molecule has 2 fully saturated rings. The number of nitrogens with zero attached hydrogens (tertiary/aromatic N) is 2. The Bertz CT molecular complexity index is 483. The average Bonchev–Trinajstić information content (AvgIpc) is 3.19. The van der Waals surface area contributed by atoms with Gasteiger partial charge >= 0.3 is 0 Å². The lowest BCUT2D eigenvalue weighted by Crippen LogP contribution is -2.32. The highest BCUT2D eigenvalue weighted by molar-refractivity contribution is 8.02. The standard InChI is InChI=1S/C14H22N4OS2/c1-9(12(19)15-11-7-8-11)20-14-18-17-13(21-14)16-10-5-3-2-4-6-10/h9-11H,2-8H2,1H3,(H,15,19)(H,16,17). The van der Waals surface area contributed by atoms with E-state index in [1.807, 2.05) is 6.92 Å². The molecule has 0 bridgehead atoms. The highest BCUT2D eigenvalue weighted by Crippen LogP contribution is 2.31.